The predicted octanol–water partition coefficient (Wildman–Crippen LogP) is 2.68. The summed E-state index contributed by atoms with van der Waals surface area (Å²) in [5.74, 6) is -0.944. The van der Waals surface area contributed by atoms with Gasteiger partial charge in [0.15, 0.2) is 0 Å². The summed E-state index contributed by atoms with van der Waals surface area (Å²) in [5, 5.41) is 12.7. The molecule has 0 saturated heterocycles. The zero-order valence-electron chi connectivity index (χ0n) is 8.87. The van der Waals surface area contributed by atoms with E-state index in [1.807, 2.05) is 0 Å². The van der Waals surface area contributed by atoms with Gasteiger partial charge >= 0.3 is 5.97 Å². The summed E-state index contributed by atoms with van der Waals surface area (Å²) in [4.78, 5) is 10.7. The Labute approximate surface area is 99.4 Å². The molecule has 1 aliphatic rings. The van der Waals surface area contributed by atoms with Crippen LogP contribution < -0.4 is 5.32 Å². The van der Waals surface area contributed by atoms with Gasteiger partial charge in [0.05, 0.1) is 5.56 Å². The Morgan fingerprint density at radius 2 is 2.25 bits per heavy atom. The molecule has 2 N–H and O–H groups in total. The number of aromatic carboxylic acids is 1. The fourth-order valence-electron chi connectivity index (χ4n) is 1.69. The van der Waals surface area contributed by atoms with E-state index in [1.54, 1.807) is 12.1 Å². The number of nitrogens with one attached hydrogen (secondary N) is 1. The molecule has 0 heterocycles. The van der Waals surface area contributed by atoms with Crippen LogP contribution in [0.1, 0.15) is 35.2 Å². The van der Waals surface area contributed by atoms with Crippen LogP contribution in [0.25, 0.3) is 0 Å². The molecule has 16 heavy (non-hydrogen) atoms. The van der Waals surface area contributed by atoms with E-state index in [4.69, 9.17) is 16.7 Å². The summed E-state index contributed by atoms with van der Waals surface area (Å²) < 4.78 is 0. The van der Waals surface area contributed by atoms with Crippen LogP contribution in [0.3, 0.4) is 0 Å². The van der Waals surface area contributed by atoms with Crippen LogP contribution in [0, 0.1) is 0 Å². The average Bonchev–Trinajstić information content (AvgIpc) is 2.17. The third kappa shape index (κ3) is 2.54. The molecular formula is C12H14ClNO2. The number of hydrogen-bond acceptors (Lipinski definition) is 2. The van der Waals surface area contributed by atoms with Gasteiger partial charge in [-0.05, 0) is 30.5 Å². The minimum atomic E-state index is -0.944. The average molecular weight is 240 g/mol. The molecule has 4 heteroatoms. The number of carboxylic acid groups (broad SMARTS) is 1. The predicted molar refractivity (Wildman–Crippen MR) is 62.9 cm³/mol. The first-order chi connectivity index (χ1) is 7.66. The van der Waals surface area contributed by atoms with E-state index in [9.17, 15) is 4.79 Å². The van der Waals surface area contributed by atoms with E-state index in [1.165, 1.54) is 25.3 Å². The number of halogens is 1. The second kappa shape index (κ2) is 4.85. The Kier molecular flexibility index (Phi) is 3.46. The van der Waals surface area contributed by atoms with Crippen molar-refractivity contribution in [1.82, 2.24) is 5.32 Å². The molecule has 3 nitrogen and oxygen atoms in total. The van der Waals surface area contributed by atoms with Crippen molar-refractivity contribution in [2.45, 2.75) is 31.8 Å². The van der Waals surface area contributed by atoms with Crippen LogP contribution in [0.15, 0.2) is 18.2 Å². The van der Waals surface area contributed by atoms with Crippen LogP contribution >= 0.6 is 11.6 Å². The van der Waals surface area contributed by atoms with E-state index in [2.05, 4.69) is 5.32 Å². The first kappa shape index (κ1) is 11.4. The number of carboxylic acids is 1. The van der Waals surface area contributed by atoms with Gasteiger partial charge in [-0.3, -0.25) is 0 Å². The molecule has 1 aromatic rings. The maximum atomic E-state index is 10.7. The molecule has 1 saturated carbocycles. The molecule has 1 fully saturated rings. The minimum absolute atomic E-state index is 0.234. The van der Waals surface area contributed by atoms with Gasteiger partial charge in [0.25, 0.3) is 0 Å². The van der Waals surface area contributed by atoms with Crippen molar-refractivity contribution in [3.05, 3.63) is 34.3 Å². The molecule has 1 aliphatic carbocycles. The topological polar surface area (TPSA) is 49.3 Å². The van der Waals surface area contributed by atoms with Crippen LogP contribution in [-0.4, -0.2) is 17.1 Å². The lowest BCUT2D eigenvalue weighted by Gasteiger charge is -2.26. The molecule has 1 aromatic carbocycles. The molecular weight excluding hydrogens is 226 g/mol. The summed E-state index contributed by atoms with van der Waals surface area (Å²) in [6.45, 7) is 0.712. The van der Waals surface area contributed by atoms with Gasteiger partial charge in [-0.2, -0.15) is 0 Å². The second-order valence-electron chi connectivity index (χ2n) is 4.12. The molecule has 0 aliphatic heterocycles. The molecule has 0 aromatic heterocycles. The summed E-state index contributed by atoms with van der Waals surface area (Å²) in [7, 11) is 0. The Balaban J connectivity index is 2.00. The van der Waals surface area contributed by atoms with Crippen molar-refractivity contribution < 1.29 is 9.90 Å². The standard InChI is InChI=1S/C12H14ClNO2/c13-11-6-8(12(15)16)4-5-9(11)7-14-10-2-1-3-10/h4-6,10,14H,1-3,7H2,(H,15,16). The van der Waals surface area contributed by atoms with Gasteiger partial charge in [-0.1, -0.05) is 24.1 Å². The van der Waals surface area contributed by atoms with E-state index in [-0.39, 0.29) is 5.56 Å². The molecule has 0 atom stereocenters. The molecule has 0 radical (unpaired) electrons. The number of carbonyl (C=O) groups is 1. The van der Waals surface area contributed by atoms with Gasteiger partial charge in [0, 0.05) is 17.6 Å². The third-order valence-corrected chi connectivity index (χ3v) is 3.34. The Bertz CT molecular complexity index is 402. The second-order valence-corrected chi connectivity index (χ2v) is 4.53. The van der Waals surface area contributed by atoms with Gasteiger partial charge in [-0.25, -0.2) is 4.79 Å². The Morgan fingerprint density at radius 3 is 2.75 bits per heavy atom. The summed E-state index contributed by atoms with van der Waals surface area (Å²) >= 11 is 6.01. The number of hydrogen-bond donors (Lipinski definition) is 2. The highest BCUT2D eigenvalue weighted by molar-refractivity contribution is 6.31. The maximum Gasteiger partial charge on any atom is 0.335 e. The van der Waals surface area contributed by atoms with Crippen molar-refractivity contribution in [3.63, 3.8) is 0 Å². The van der Waals surface area contributed by atoms with Crippen LogP contribution in [0.2, 0.25) is 5.02 Å². The highest BCUT2D eigenvalue weighted by Gasteiger charge is 2.16. The highest BCUT2D eigenvalue weighted by atomic mass is 35.5. The first-order valence-electron chi connectivity index (χ1n) is 5.42. The van der Waals surface area contributed by atoms with Crippen LogP contribution in [0.5, 0.6) is 0 Å². The fraction of sp³-hybridized carbons (Fsp3) is 0.417. The molecule has 0 amide bonds. The highest BCUT2D eigenvalue weighted by Crippen LogP contribution is 2.21. The molecule has 0 unspecified atom stereocenters. The monoisotopic (exact) mass is 239 g/mol. The molecule has 86 valence electrons. The zero-order chi connectivity index (χ0) is 11.5. The lowest BCUT2D eigenvalue weighted by atomic mass is 9.93. The van der Waals surface area contributed by atoms with Crippen LogP contribution in [0.4, 0.5) is 0 Å². The van der Waals surface area contributed by atoms with E-state index < -0.39 is 5.97 Å². The lowest BCUT2D eigenvalue weighted by molar-refractivity contribution is 0.0697. The SMILES string of the molecule is O=C(O)c1ccc(CNC2CCC2)c(Cl)c1. The van der Waals surface area contributed by atoms with Crippen LogP contribution in [-0.2, 0) is 6.54 Å². The third-order valence-electron chi connectivity index (χ3n) is 2.99. The Hall–Kier alpha value is -1.06. The molecule has 2 rings (SSSR count). The Morgan fingerprint density at radius 1 is 1.50 bits per heavy atom. The van der Waals surface area contributed by atoms with E-state index in [0.29, 0.717) is 17.6 Å². The lowest BCUT2D eigenvalue weighted by Crippen LogP contribution is -2.34. The smallest absolute Gasteiger partial charge is 0.335 e. The van der Waals surface area contributed by atoms with Crippen molar-refractivity contribution >= 4 is 17.6 Å². The largest absolute Gasteiger partial charge is 0.478 e. The van der Waals surface area contributed by atoms with Crippen molar-refractivity contribution in [2.24, 2.45) is 0 Å². The first-order valence-corrected chi connectivity index (χ1v) is 5.79. The molecule has 0 spiro atoms. The van der Waals surface area contributed by atoms with E-state index >= 15 is 0 Å². The van der Waals surface area contributed by atoms with Gasteiger partial charge in [0.2, 0.25) is 0 Å². The maximum absolute atomic E-state index is 10.7. The molecule has 0 bridgehead atoms. The number of benzene rings is 1. The normalized spacial score (nSPS) is 15.8. The van der Waals surface area contributed by atoms with Gasteiger partial charge in [0.1, 0.15) is 0 Å². The summed E-state index contributed by atoms with van der Waals surface area (Å²) in [6, 6.07) is 5.47. The van der Waals surface area contributed by atoms with Crippen molar-refractivity contribution in [3.8, 4) is 0 Å². The fourth-order valence-corrected chi connectivity index (χ4v) is 1.94. The summed E-state index contributed by atoms with van der Waals surface area (Å²) in [5.41, 5.74) is 1.19. The van der Waals surface area contributed by atoms with Crippen molar-refractivity contribution in [2.75, 3.05) is 0 Å². The summed E-state index contributed by atoms with van der Waals surface area (Å²) in [6.07, 6.45) is 3.75. The quantitative estimate of drug-likeness (QED) is 0.849. The number of rotatable bonds is 4. The van der Waals surface area contributed by atoms with Crippen molar-refractivity contribution in [1.29, 1.82) is 0 Å². The minimum Gasteiger partial charge on any atom is -0.478 e. The van der Waals surface area contributed by atoms with E-state index in [0.717, 1.165) is 5.56 Å². The zero-order valence-corrected chi connectivity index (χ0v) is 9.63. The van der Waals surface area contributed by atoms with Gasteiger partial charge in [-0.15, -0.1) is 0 Å². The van der Waals surface area contributed by atoms with Gasteiger partial charge < -0.3 is 10.4 Å².